The molecular formula is C14H16N4O2S. The zero-order valence-electron chi connectivity index (χ0n) is 11.3. The van der Waals surface area contributed by atoms with E-state index >= 15 is 0 Å². The SMILES string of the molecule is NS(=O)(=O)Nc1cccc(NC2CCc3cccnc32)c1. The Labute approximate surface area is 123 Å². The number of aromatic nitrogens is 1. The third kappa shape index (κ3) is 3.32. The van der Waals surface area contributed by atoms with Crippen molar-refractivity contribution in [1.82, 2.24) is 4.98 Å². The average Bonchev–Trinajstić information content (AvgIpc) is 2.81. The fourth-order valence-electron chi connectivity index (χ4n) is 2.59. The van der Waals surface area contributed by atoms with E-state index in [-0.39, 0.29) is 6.04 Å². The lowest BCUT2D eigenvalue weighted by atomic mass is 10.2. The van der Waals surface area contributed by atoms with E-state index < -0.39 is 10.2 Å². The fraction of sp³-hybridized carbons (Fsp3) is 0.214. The van der Waals surface area contributed by atoms with Gasteiger partial charge in [-0.2, -0.15) is 8.42 Å². The maximum Gasteiger partial charge on any atom is 0.296 e. The molecule has 0 fully saturated rings. The first-order valence-corrected chi connectivity index (χ1v) is 8.17. The summed E-state index contributed by atoms with van der Waals surface area (Å²) in [5, 5.41) is 8.36. The maximum absolute atomic E-state index is 11.1. The molecule has 0 aliphatic heterocycles. The van der Waals surface area contributed by atoms with Crippen LogP contribution in [-0.2, 0) is 16.6 Å². The quantitative estimate of drug-likeness (QED) is 0.802. The van der Waals surface area contributed by atoms with Gasteiger partial charge >= 0.3 is 0 Å². The Kier molecular flexibility index (Phi) is 3.52. The van der Waals surface area contributed by atoms with Crippen molar-refractivity contribution in [2.75, 3.05) is 10.0 Å². The Hall–Kier alpha value is -2.12. The Bertz CT molecular complexity index is 761. The number of fused-ring (bicyclic) bond motifs is 1. The van der Waals surface area contributed by atoms with Crippen LogP contribution in [0.25, 0.3) is 0 Å². The Morgan fingerprint density at radius 2 is 2.00 bits per heavy atom. The van der Waals surface area contributed by atoms with E-state index in [1.54, 1.807) is 24.4 Å². The lowest BCUT2D eigenvalue weighted by Gasteiger charge is -2.15. The summed E-state index contributed by atoms with van der Waals surface area (Å²) in [5.41, 5.74) is 3.57. The van der Waals surface area contributed by atoms with Gasteiger partial charge in [0.25, 0.3) is 10.2 Å². The molecule has 0 spiro atoms. The van der Waals surface area contributed by atoms with Gasteiger partial charge in [0, 0.05) is 11.9 Å². The third-order valence-electron chi connectivity index (χ3n) is 3.42. The van der Waals surface area contributed by atoms with E-state index in [1.165, 1.54) is 5.56 Å². The summed E-state index contributed by atoms with van der Waals surface area (Å²) in [5.74, 6) is 0. The highest BCUT2D eigenvalue weighted by atomic mass is 32.2. The normalized spacial score (nSPS) is 17.3. The lowest BCUT2D eigenvalue weighted by molar-refractivity contribution is 0.603. The summed E-state index contributed by atoms with van der Waals surface area (Å²) in [6.07, 6.45) is 3.76. The molecule has 0 saturated carbocycles. The predicted octanol–water partition coefficient (Wildman–Crippen LogP) is 1.80. The van der Waals surface area contributed by atoms with Crippen molar-refractivity contribution in [2.24, 2.45) is 5.14 Å². The molecule has 1 aliphatic rings. The number of aryl methyl sites for hydroxylation is 1. The van der Waals surface area contributed by atoms with E-state index in [0.717, 1.165) is 24.2 Å². The number of pyridine rings is 1. The molecule has 3 rings (SSSR count). The predicted molar refractivity (Wildman–Crippen MR) is 82.1 cm³/mol. The third-order valence-corrected chi connectivity index (χ3v) is 3.94. The van der Waals surface area contributed by atoms with Gasteiger partial charge in [-0.05, 0) is 42.7 Å². The number of hydrogen-bond donors (Lipinski definition) is 3. The van der Waals surface area contributed by atoms with Crippen LogP contribution in [-0.4, -0.2) is 13.4 Å². The number of anilines is 2. The van der Waals surface area contributed by atoms with Gasteiger partial charge in [-0.3, -0.25) is 9.71 Å². The van der Waals surface area contributed by atoms with Crippen molar-refractivity contribution in [2.45, 2.75) is 18.9 Å². The molecule has 1 heterocycles. The molecule has 21 heavy (non-hydrogen) atoms. The van der Waals surface area contributed by atoms with Gasteiger partial charge in [-0.15, -0.1) is 0 Å². The summed E-state index contributed by atoms with van der Waals surface area (Å²) in [6.45, 7) is 0. The molecule has 0 saturated heterocycles. The van der Waals surface area contributed by atoms with E-state index in [9.17, 15) is 8.42 Å². The average molecular weight is 304 g/mol. The molecule has 110 valence electrons. The molecule has 4 N–H and O–H groups in total. The highest BCUT2D eigenvalue weighted by molar-refractivity contribution is 7.90. The number of hydrogen-bond acceptors (Lipinski definition) is 4. The van der Waals surface area contributed by atoms with Crippen LogP contribution in [0.15, 0.2) is 42.6 Å². The van der Waals surface area contributed by atoms with Crippen molar-refractivity contribution in [3.05, 3.63) is 53.9 Å². The minimum Gasteiger partial charge on any atom is -0.377 e. The molecule has 1 aromatic carbocycles. The van der Waals surface area contributed by atoms with Crippen LogP contribution >= 0.6 is 0 Å². The van der Waals surface area contributed by atoms with Gasteiger partial charge < -0.3 is 5.32 Å². The molecule has 7 heteroatoms. The molecule has 1 aliphatic carbocycles. The fourth-order valence-corrected chi connectivity index (χ4v) is 3.05. The largest absolute Gasteiger partial charge is 0.377 e. The van der Waals surface area contributed by atoms with Gasteiger partial charge in [0.15, 0.2) is 0 Å². The lowest BCUT2D eigenvalue weighted by Crippen LogP contribution is -2.21. The van der Waals surface area contributed by atoms with Crippen LogP contribution in [0.5, 0.6) is 0 Å². The smallest absolute Gasteiger partial charge is 0.296 e. The monoisotopic (exact) mass is 304 g/mol. The molecule has 1 aromatic heterocycles. The number of nitrogens with two attached hydrogens (primary N) is 1. The van der Waals surface area contributed by atoms with Crippen LogP contribution in [0.3, 0.4) is 0 Å². The first-order valence-electron chi connectivity index (χ1n) is 6.62. The highest BCUT2D eigenvalue weighted by Gasteiger charge is 2.23. The number of benzene rings is 1. The molecule has 0 radical (unpaired) electrons. The van der Waals surface area contributed by atoms with Crippen LogP contribution in [0.2, 0.25) is 0 Å². The second-order valence-electron chi connectivity index (χ2n) is 5.01. The second kappa shape index (κ2) is 5.34. The van der Waals surface area contributed by atoms with Gasteiger partial charge in [0.05, 0.1) is 17.4 Å². The van der Waals surface area contributed by atoms with Gasteiger partial charge in [-0.25, -0.2) is 5.14 Å². The zero-order chi connectivity index (χ0) is 14.9. The number of nitrogens with zero attached hydrogens (tertiary/aromatic N) is 1. The molecule has 6 nitrogen and oxygen atoms in total. The van der Waals surface area contributed by atoms with E-state index in [0.29, 0.717) is 5.69 Å². The van der Waals surface area contributed by atoms with Crippen molar-refractivity contribution in [1.29, 1.82) is 0 Å². The Morgan fingerprint density at radius 1 is 1.19 bits per heavy atom. The van der Waals surface area contributed by atoms with E-state index in [4.69, 9.17) is 5.14 Å². The molecular weight excluding hydrogens is 288 g/mol. The molecule has 0 amide bonds. The Morgan fingerprint density at radius 3 is 2.81 bits per heavy atom. The maximum atomic E-state index is 11.1. The van der Waals surface area contributed by atoms with Crippen molar-refractivity contribution >= 4 is 21.6 Å². The minimum atomic E-state index is -3.76. The van der Waals surface area contributed by atoms with Crippen molar-refractivity contribution in [3.8, 4) is 0 Å². The summed E-state index contributed by atoms with van der Waals surface area (Å²) >= 11 is 0. The van der Waals surface area contributed by atoms with Crippen molar-refractivity contribution in [3.63, 3.8) is 0 Å². The van der Waals surface area contributed by atoms with Crippen LogP contribution in [0, 0.1) is 0 Å². The first kappa shape index (κ1) is 13.8. The molecule has 1 unspecified atom stereocenters. The van der Waals surface area contributed by atoms with Crippen LogP contribution in [0.4, 0.5) is 11.4 Å². The molecule has 0 bridgehead atoms. The van der Waals surface area contributed by atoms with Crippen LogP contribution in [0.1, 0.15) is 23.7 Å². The van der Waals surface area contributed by atoms with E-state index in [2.05, 4.69) is 21.1 Å². The first-order chi connectivity index (χ1) is 10.0. The van der Waals surface area contributed by atoms with E-state index in [1.807, 2.05) is 12.1 Å². The minimum absolute atomic E-state index is 0.144. The van der Waals surface area contributed by atoms with Gasteiger partial charge in [-0.1, -0.05) is 12.1 Å². The molecule has 1 atom stereocenters. The van der Waals surface area contributed by atoms with Crippen LogP contribution < -0.4 is 15.2 Å². The summed E-state index contributed by atoms with van der Waals surface area (Å²) in [6, 6.07) is 11.2. The van der Waals surface area contributed by atoms with Crippen molar-refractivity contribution < 1.29 is 8.42 Å². The standard InChI is InChI=1S/C14H16N4O2S/c15-21(19,20)18-12-5-1-4-11(9-12)17-13-7-6-10-3-2-8-16-14(10)13/h1-5,8-9,13,17-18H,6-7H2,(H2,15,19,20). The highest BCUT2D eigenvalue weighted by Crippen LogP contribution is 2.32. The van der Waals surface area contributed by atoms with Gasteiger partial charge in [0.2, 0.25) is 0 Å². The summed E-state index contributed by atoms with van der Waals surface area (Å²) in [7, 11) is -3.76. The van der Waals surface area contributed by atoms with Gasteiger partial charge in [0.1, 0.15) is 0 Å². The second-order valence-corrected chi connectivity index (χ2v) is 6.31. The summed E-state index contributed by atoms with van der Waals surface area (Å²) < 4.78 is 24.4. The molecule has 2 aromatic rings. The Balaban J connectivity index is 1.79. The zero-order valence-corrected chi connectivity index (χ0v) is 12.1. The summed E-state index contributed by atoms with van der Waals surface area (Å²) in [4.78, 5) is 4.42. The number of nitrogens with one attached hydrogen (secondary N) is 2. The topological polar surface area (TPSA) is 97.1 Å². The number of rotatable bonds is 4.